The molecule has 26 heavy (non-hydrogen) atoms. The molecule has 2 aromatic rings. The van der Waals surface area contributed by atoms with Crippen molar-refractivity contribution in [2.45, 2.75) is 6.10 Å². The highest BCUT2D eigenvalue weighted by molar-refractivity contribution is 6.31. The van der Waals surface area contributed by atoms with E-state index in [1.807, 2.05) is 0 Å². The molecular formula is C17H17ClN2O6. The van der Waals surface area contributed by atoms with E-state index in [1.165, 1.54) is 26.4 Å². The topological polar surface area (TPSA) is 111 Å². The first-order chi connectivity index (χ1) is 12.4. The van der Waals surface area contributed by atoms with Crippen molar-refractivity contribution in [3.05, 3.63) is 62.7 Å². The number of ether oxygens (including phenoxy) is 2. The minimum Gasteiger partial charge on any atom is -0.493 e. The fourth-order valence-corrected chi connectivity index (χ4v) is 2.48. The molecule has 2 aromatic carbocycles. The molecule has 0 fully saturated rings. The lowest BCUT2D eigenvalue weighted by Gasteiger charge is -2.15. The maximum absolute atomic E-state index is 12.3. The summed E-state index contributed by atoms with van der Waals surface area (Å²) in [6.45, 7) is -0.155. The largest absolute Gasteiger partial charge is 0.493 e. The molecule has 0 bridgehead atoms. The molecule has 8 nitrogen and oxygen atoms in total. The van der Waals surface area contributed by atoms with Gasteiger partial charge in [0.1, 0.15) is 5.56 Å². The maximum atomic E-state index is 12.3. The third kappa shape index (κ3) is 4.41. The fraction of sp³-hybridized carbons (Fsp3) is 0.235. The van der Waals surface area contributed by atoms with Crippen LogP contribution in [0.5, 0.6) is 11.5 Å². The Labute approximate surface area is 154 Å². The molecule has 1 atom stereocenters. The van der Waals surface area contributed by atoms with Crippen molar-refractivity contribution >= 4 is 23.2 Å². The summed E-state index contributed by atoms with van der Waals surface area (Å²) in [4.78, 5) is 22.6. The second-order valence-corrected chi connectivity index (χ2v) is 5.70. The normalized spacial score (nSPS) is 11.5. The molecule has 0 saturated heterocycles. The van der Waals surface area contributed by atoms with E-state index in [1.54, 1.807) is 18.2 Å². The van der Waals surface area contributed by atoms with Crippen molar-refractivity contribution in [3.8, 4) is 11.5 Å². The number of nitrogens with zero attached hydrogens (tertiary/aromatic N) is 1. The van der Waals surface area contributed by atoms with Crippen molar-refractivity contribution < 1.29 is 24.3 Å². The minimum atomic E-state index is -1.04. The van der Waals surface area contributed by atoms with Crippen molar-refractivity contribution in [3.63, 3.8) is 0 Å². The van der Waals surface area contributed by atoms with E-state index in [-0.39, 0.29) is 22.8 Å². The van der Waals surface area contributed by atoms with Crippen LogP contribution in [0.1, 0.15) is 22.0 Å². The van der Waals surface area contributed by atoms with Crippen molar-refractivity contribution in [1.29, 1.82) is 0 Å². The third-order valence-electron chi connectivity index (χ3n) is 3.65. The SMILES string of the molecule is COc1ccc(C(O)CNC(=O)c2cc(Cl)ccc2[N+](=O)[O-])cc1OC. The average molecular weight is 381 g/mol. The number of nitrogens with one attached hydrogen (secondary N) is 1. The Morgan fingerprint density at radius 2 is 1.92 bits per heavy atom. The van der Waals surface area contributed by atoms with Gasteiger partial charge in [0.2, 0.25) is 0 Å². The first-order valence-electron chi connectivity index (χ1n) is 7.49. The molecule has 138 valence electrons. The monoisotopic (exact) mass is 380 g/mol. The molecule has 9 heteroatoms. The van der Waals surface area contributed by atoms with Gasteiger partial charge >= 0.3 is 0 Å². The number of amides is 1. The Balaban J connectivity index is 2.12. The molecule has 0 aromatic heterocycles. The Hall–Kier alpha value is -2.84. The van der Waals surface area contributed by atoms with Crippen LogP contribution in [0.15, 0.2) is 36.4 Å². The zero-order chi connectivity index (χ0) is 19.3. The highest BCUT2D eigenvalue weighted by atomic mass is 35.5. The van der Waals surface area contributed by atoms with Crippen LogP contribution >= 0.6 is 11.6 Å². The molecule has 0 heterocycles. The van der Waals surface area contributed by atoms with Gasteiger partial charge in [-0.3, -0.25) is 14.9 Å². The molecular weight excluding hydrogens is 364 g/mol. The van der Waals surface area contributed by atoms with Gasteiger partial charge in [0.05, 0.1) is 25.2 Å². The lowest BCUT2D eigenvalue weighted by atomic mass is 10.1. The number of carbonyl (C=O) groups excluding carboxylic acids is 1. The predicted octanol–water partition coefficient (Wildman–Crippen LogP) is 2.73. The molecule has 2 rings (SSSR count). The van der Waals surface area contributed by atoms with Crippen molar-refractivity contribution in [2.75, 3.05) is 20.8 Å². The Bertz CT molecular complexity index is 827. The van der Waals surface area contributed by atoms with Gasteiger partial charge in [-0.15, -0.1) is 0 Å². The van der Waals surface area contributed by atoms with Gasteiger partial charge in [-0.2, -0.15) is 0 Å². The Kier molecular flexibility index (Phi) is 6.37. The van der Waals surface area contributed by atoms with Crippen LogP contribution in [0.4, 0.5) is 5.69 Å². The van der Waals surface area contributed by atoms with Crippen LogP contribution < -0.4 is 14.8 Å². The molecule has 2 N–H and O–H groups in total. The van der Waals surface area contributed by atoms with E-state index in [0.717, 1.165) is 6.07 Å². The number of nitro benzene ring substituents is 1. The van der Waals surface area contributed by atoms with Crippen LogP contribution in [-0.4, -0.2) is 36.7 Å². The molecule has 0 saturated carbocycles. The van der Waals surface area contributed by atoms with Gasteiger partial charge in [-0.1, -0.05) is 17.7 Å². The number of aliphatic hydroxyl groups is 1. The van der Waals surface area contributed by atoms with Crippen LogP contribution in [0.2, 0.25) is 5.02 Å². The summed E-state index contributed by atoms with van der Waals surface area (Å²) in [6, 6.07) is 8.52. The molecule has 1 unspecified atom stereocenters. The highest BCUT2D eigenvalue weighted by Crippen LogP contribution is 2.30. The lowest BCUT2D eigenvalue weighted by molar-refractivity contribution is -0.385. The number of carbonyl (C=O) groups is 1. The first kappa shape index (κ1) is 19.5. The van der Waals surface area contributed by atoms with Crippen LogP contribution in [0.25, 0.3) is 0 Å². The fourth-order valence-electron chi connectivity index (χ4n) is 2.31. The van der Waals surface area contributed by atoms with Gasteiger partial charge in [0.25, 0.3) is 11.6 Å². The average Bonchev–Trinajstić information content (AvgIpc) is 2.64. The zero-order valence-electron chi connectivity index (χ0n) is 14.1. The summed E-state index contributed by atoms with van der Waals surface area (Å²) in [5.41, 5.74) is -0.0574. The summed E-state index contributed by atoms with van der Waals surface area (Å²) < 4.78 is 10.3. The van der Waals surface area contributed by atoms with E-state index < -0.39 is 16.9 Å². The number of nitro groups is 1. The second-order valence-electron chi connectivity index (χ2n) is 5.26. The number of aliphatic hydroxyl groups excluding tert-OH is 1. The summed E-state index contributed by atoms with van der Waals surface area (Å²) in [7, 11) is 2.96. The number of hydrogen-bond donors (Lipinski definition) is 2. The highest BCUT2D eigenvalue weighted by Gasteiger charge is 2.21. The van der Waals surface area contributed by atoms with E-state index in [0.29, 0.717) is 17.1 Å². The van der Waals surface area contributed by atoms with Gasteiger partial charge < -0.3 is 19.9 Å². The van der Waals surface area contributed by atoms with E-state index in [2.05, 4.69) is 5.32 Å². The predicted molar refractivity (Wildman–Crippen MR) is 94.9 cm³/mol. The number of halogens is 1. The second kappa shape index (κ2) is 8.50. The summed E-state index contributed by atoms with van der Waals surface area (Å²) in [6.07, 6.45) is -1.04. The number of rotatable bonds is 7. The Morgan fingerprint density at radius 3 is 2.54 bits per heavy atom. The standard InChI is InChI=1S/C17H17ClN2O6/c1-25-15-6-3-10(7-16(15)26-2)14(21)9-19-17(22)12-8-11(18)4-5-13(12)20(23)24/h3-8,14,21H,9H2,1-2H3,(H,19,22). The first-order valence-corrected chi connectivity index (χ1v) is 7.87. The van der Waals surface area contributed by atoms with Crippen LogP contribution in [0, 0.1) is 10.1 Å². The van der Waals surface area contributed by atoms with Gasteiger partial charge in [-0.25, -0.2) is 0 Å². The smallest absolute Gasteiger partial charge is 0.282 e. The molecule has 0 aliphatic rings. The Morgan fingerprint density at radius 1 is 1.23 bits per heavy atom. The molecule has 1 amide bonds. The maximum Gasteiger partial charge on any atom is 0.282 e. The molecule has 0 spiro atoms. The van der Waals surface area contributed by atoms with Crippen LogP contribution in [0.3, 0.4) is 0 Å². The van der Waals surface area contributed by atoms with E-state index >= 15 is 0 Å². The van der Waals surface area contributed by atoms with Gasteiger partial charge in [0.15, 0.2) is 11.5 Å². The minimum absolute atomic E-state index is 0.155. The summed E-state index contributed by atoms with van der Waals surface area (Å²) >= 11 is 5.81. The lowest BCUT2D eigenvalue weighted by Crippen LogP contribution is -2.29. The van der Waals surface area contributed by atoms with E-state index in [4.69, 9.17) is 21.1 Å². The third-order valence-corrected chi connectivity index (χ3v) is 3.88. The quantitative estimate of drug-likeness (QED) is 0.564. The number of hydrogen-bond acceptors (Lipinski definition) is 6. The van der Waals surface area contributed by atoms with Crippen LogP contribution in [-0.2, 0) is 0 Å². The summed E-state index contributed by atoms with van der Waals surface area (Å²) in [5, 5.41) is 24.0. The van der Waals surface area contributed by atoms with Gasteiger partial charge in [-0.05, 0) is 29.8 Å². The number of benzene rings is 2. The zero-order valence-corrected chi connectivity index (χ0v) is 14.8. The number of methoxy groups -OCH3 is 2. The summed E-state index contributed by atoms with van der Waals surface area (Å²) in [5.74, 6) is 0.224. The molecule has 0 radical (unpaired) electrons. The van der Waals surface area contributed by atoms with Gasteiger partial charge in [0, 0.05) is 17.6 Å². The van der Waals surface area contributed by atoms with E-state index in [9.17, 15) is 20.0 Å². The van der Waals surface area contributed by atoms with Crippen molar-refractivity contribution in [1.82, 2.24) is 5.32 Å². The van der Waals surface area contributed by atoms with Crippen molar-refractivity contribution in [2.24, 2.45) is 0 Å². The molecule has 0 aliphatic heterocycles. The molecule has 0 aliphatic carbocycles.